The second-order valence-electron chi connectivity index (χ2n) is 4.68. The van der Waals surface area contributed by atoms with Crippen molar-refractivity contribution in [2.45, 2.75) is 5.16 Å². The van der Waals surface area contributed by atoms with E-state index in [-0.39, 0.29) is 5.16 Å². The fraction of sp³-hybridized carbons (Fsp3) is 0.0667. The van der Waals surface area contributed by atoms with Crippen LogP contribution in [0.25, 0.3) is 11.4 Å². The van der Waals surface area contributed by atoms with Gasteiger partial charge in [-0.3, -0.25) is 0 Å². The minimum absolute atomic E-state index is 0.146. The van der Waals surface area contributed by atoms with Gasteiger partial charge in [-0.25, -0.2) is 13.5 Å². The zero-order chi connectivity index (χ0) is 15.6. The Morgan fingerprint density at radius 1 is 0.955 bits per heavy atom. The lowest BCUT2D eigenvalue weighted by Crippen LogP contribution is -1.99. The van der Waals surface area contributed by atoms with Crippen molar-refractivity contribution in [3.8, 4) is 22.9 Å². The van der Waals surface area contributed by atoms with Gasteiger partial charge in [-0.1, -0.05) is 18.2 Å². The number of hydrogen-bond donors (Lipinski definition) is 1. The molecule has 0 saturated heterocycles. The molecule has 0 radical (unpaired) electrons. The molecular weight excluding hydrogens is 302 g/mol. The number of hydrogen-bond acceptors (Lipinski definition) is 5. The van der Waals surface area contributed by atoms with E-state index in [0.717, 1.165) is 12.0 Å². The van der Waals surface area contributed by atoms with E-state index >= 15 is 0 Å². The highest BCUT2D eigenvalue weighted by molar-refractivity contribution is 7.90. The van der Waals surface area contributed by atoms with Crippen LogP contribution < -0.4 is 4.74 Å². The Kier molecular flexibility index (Phi) is 3.64. The summed E-state index contributed by atoms with van der Waals surface area (Å²) in [5, 5.41) is 6.18. The molecule has 3 rings (SSSR count). The molecule has 0 amide bonds. The Morgan fingerprint density at radius 2 is 1.59 bits per heavy atom. The van der Waals surface area contributed by atoms with Crippen LogP contribution in [0.1, 0.15) is 0 Å². The molecule has 0 aliphatic rings. The Labute approximate surface area is 127 Å². The SMILES string of the molecule is CS(=O)(=O)c1nc(-c2ccc(Oc3ccccc3)cc2)n[nH]1. The summed E-state index contributed by atoms with van der Waals surface area (Å²) in [5.41, 5.74) is 0.701. The summed E-state index contributed by atoms with van der Waals surface area (Å²) in [6, 6.07) is 16.5. The van der Waals surface area contributed by atoms with Crippen LogP contribution in [0.4, 0.5) is 0 Å². The Morgan fingerprint density at radius 3 is 2.18 bits per heavy atom. The van der Waals surface area contributed by atoms with Gasteiger partial charge in [0.05, 0.1) is 0 Å². The molecule has 0 atom stereocenters. The molecule has 0 aliphatic carbocycles. The van der Waals surface area contributed by atoms with Crippen molar-refractivity contribution < 1.29 is 13.2 Å². The molecule has 7 heteroatoms. The molecule has 0 unspecified atom stereocenters. The van der Waals surface area contributed by atoms with Crippen molar-refractivity contribution in [2.75, 3.05) is 6.26 Å². The van der Waals surface area contributed by atoms with E-state index in [9.17, 15) is 8.42 Å². The maximum Gasteiger partial charge on any atom is 0.243 e. The van der Waals surface area contributed by atoms with Crippen LogP contribution in [0.2, 0.25) is 0 Å². The van der Waals surface area contributed by atoms with Crippen LogP contribution in [-0.2, 0) is 9.84 Å². The molecule has 0 saturated carbocycles. The molecular formula is C15H13N3O3S. The quantitative estimate of drug-likeness (QED) is 0.800. The summed E-state index contributed by atoms with van der Waals surface area (Å²) in [6.07, 6.45) is 1.08. The monoisotopic (exact) mass is 315 g/mol. The number of sulfone groups is 1. The van der Waals surface area contributed by atoms with Crippen molar-refractivity contribution in [1.29, 1.82) is 0 Å². The molecule has 1 N–H and O–H groups in total. The summed E-state index contributed by atoms with van der Waals surface area (Å²) < 4.78 is 28.4. The molecule has 112 valence electrons. The smallest absolute Gasteiger partial charge is 0.243 e. The standard InChI is InChI=1S/C15H13N3O3S/c1-22(19,20)15-16-14(17-18-15)11-7-9-13(10-8-11)21-12-5-3-2-4-6-12/h2-10H,1H3,(H,16,17,18). The maximum atomic E-state index is 11.4. The summed E-state index contributed by atoms with van der Waals surface area (Å²) in [4.78, 5) is 3.97. The average molecular weight is 315 g/mol. The fourth-order valence-electron chi connectivity index (χ4n) is 1.84. The molecule has 0 aliphatic heterocycles. The van der Waals surface area contributed by atoms with Crippen LogP contribution in [0.5, 0.6) is 11.5 Å². The number of rotatable bonds is 4. The maximum absolute atomic E-state index is 11.4. The molecule has 3 aromatic rings. The van der Waals surface area contributed by atoms with Gasteiger partial charge in [0.25, 0.3) is 0 Å². The number of benzene rings is 2. The number of para-hydroxylation sites is 1. The lowest BCUT2D eigenvalue weighted by atomic mass is 10.2. The normalized spacial score (nSPS) is 11.3. The number of aromatic amines is 1. The Bertz CT molecular complexity index is 872. The van der Waals surface area contributed by atoms with Crippen molar-refractivity contribution in [3.05, 3.63) is 54.6 Å². The van der Waals surface area contributed by atoms with E-state index in [1.807, 2.05) is 30.3 Å². The van der Waals surface area contributed by atoms with Crippen LogP contribution >= 0.6 is 0 Å². The first-order valence-corrected chi connectivity index (χ1v) is 8.37. The number of ether oxygens (including phenoxy) is 1. The van der Waals surface area contributed by atoms with Crippen molar-refractivity contribution in [1.82, 2.24) is 15.2 Å². The summed E-state index contributed by atoms with van der Waals surface area (Å²) in [7, 11) is -3.39. The van der Waals surface area contributed by atoms with Crippen LogP contribution in [-0.4, -0.2) is 29.9 Å². The van der Waals surface area contributed by atoms with E-state index in [2.05, 4.69) is 15.2 Å². The van der Waals surface area contributed by atoms with E-state index in [1.165, 1.54) is 0 Å². The first-order chi connectivity index (χ1) is 10.5. The second-order valence-corrected chi connectivity index (χ2v) is 6.61. The molecule has 2 aromatic carbocycles. The summed E-state index contributed by atoms with van der Waals surface area (Å²) >= 11 is 0. The van der Waals surface area contributed by atoms with Crippen molar-refractivity contribution >= 4 is 9.84 Å². The third-order valence-electron chi connectivity index (χ3n) is 2.91. The Hall–Kier alpha value is -2.67. The first kappa shape index (κ1) is 14.3. The van der Waals surface area contributed by atoms with E-state index in [4.69, 9.17) is 4.74 Å². The molecule has 1 aromatic heterocycles. The number of nitrogens with zero attached hydrogens (tertiary/aromatic N) is 2. The highest BCUT2D eigenvalue weighted by Gasteiger charge is 2.14. The molecule has 6 nitrogen and oxygen atoms in total. The third kappa shape index (κ3) is 3.15. The van der Waals surface area contributed by atoms with Gasteiger partial charge in [0, 0.05) is 11.8 Å². The van der Waals surface area contributed by atoms with Crippen LogP contribution in [0.15, 0.2) is 59.8 Å². The lowest BCUT2D eigenvalue weighted by Gasteiger charge is -2.05. The zero-order valence-corrected chi connectivity index (χ0v) is 12.5. The summed E-state index contributed by atoms with van der Waals surface area (Å²) in [6.45, 7) is 0. The van der Waals surface area contributed by atoms with Gasteiger partial charge in [-0.2, -0.15) is 10.1 Å². The topological polar surface area (TPSA) is 84.9 Å². The molecule has 22 heavy (non-hydrogen) atoms. The fourth-order valence-corrected chi connectivity index (χ4v) is 2.30. The number of aromatic nitrogens is 3. The highest BCUT2D eigenvalue weighted by Crippen LogP contribution is 2.24. The minimum atomic E-state index is -3.39. The van der Waals surface area contributed by atoms with Gasteiger partial charge < -0.3 is 4.74 Å². The third-order valence-corrected chi connectivity index (χ3v) is 3.79. The molecule has 0 bridgehead atoms. The van der Waals surface area contributed by atoms with Gasteiger partial charge in [-0.15, -0.1) is 0 Å². The highest BCUT2D eigenvalue weighted by atomic mass is 32.2. The first-order valence-electron chi connectivity index (χ1n) is 6.48. The zero-order valence-electron chi connectivity index (χ0n) is 11.7. The van der Waals surface area contributed by atoms with Gasteiger partial charge >= 0.3 is 0 Å². The largest absolute Gasteiger partial charge is 0.457 e. The van der Waals surface area contributed by atoms with Crippen LogP contribution in [0.3, 0.4) is 0 Å². The van der Waals surface area contributed by atoms with Gasteiger partial charge in [-0.05, 0) is 36.4 Å². The van der Waals surface area contributed by atoms with Gasteiger partial charge in [0.2, 0.25) is 15.0 Å². The van der Waals surface area contributed by atoms with E-state index in [1.54, 1.807) is 24.3 Å². The predicted molar refractivity (Wildman–Crippen MR) is 81.4 cm³/mol. The van der Waals surface area contributed by atoms with Crippen molar-refractivity contribution in [2.24, 2.45) is 0 Å². The average Bonchev–Trinajstić information content (AvgIpc) is 2.99. The van der Waals surface area contributed by atoms with Gasteiger partial charge in [0.15, 0.2) is 5.82 Å². The lowest BCUT2D eigenvalue weighted by molar-refractivity contribution is 0.483. The number of H-pyrrole nitrogens is 1. The molecule has 1 heterocycles. The molecule has 0 spiro atoms. The van der Waals surface area contributed by atoms with Gasteiger partial charge in [0.1, 0.15) is 11.5 Å². The van der Waals surface area contributed by atoms with E-state index < -0.39 is 9.84 Å². The Balaban J connectivity index is 1.81. The van der Waals surface area contributed by atoms with Crippen molar-refractivity contribution in [3.63, 3.8) is 0 Å². The minimum Gasteiger partial charge on any atom is -0.457 e. The van der Waals surface area contributed by atoms with E-state index in [0.29, 0.717) is 17.1 Å². The number of nitrogens with one attached hydrogen (secondary N) is 1. The predicted octanol–water partition coefficient (Wildman–Crippen LogP) is 2.67. The molecule has 0 fully saturated rings. The second kappa shape index (κ2) is 5.61. The summed E-state index contributed by atoms with van der Waals surface area (Å²) in [5.74, 6) is 1.74. The van der Waals surface area contributed by atoms with Crippen LogP contribution in [0, 0.1) is 0 Å².